The Morgan fingerprint density at radius 3 is 2.53 bits per heavy atom. The second-order valence-corrected chi connectivity index (χ2v) is 5.22. The van der Waals surface area contributed by atoms with E-state index in [9.17, 15) is 4.79 Å². The molecule has 19 heavy (non-hydrogen) atoms. The second-order valence-electron chi connectivity index (χ2n) is 4.31. The van der Waals surface area contributed by atoms with Crippen molar-refractivity contribution in [2.24, 2.45) is 5.73 Å². The Kier molecular flexibility index (Phi) is 3.76. The first-order chi connectivity index (χ1) is 8.95. The average molecular weight is 320 g/mol. The monoisotopic (exact) mass is 319 g/mol. The van der Waals surface area contributed by atoms with Crippen molar-refractivity contribution in [3.8, 4) is 0 Å². The summed E-state index contributed by atoms with van der Waals surface area (Å²) in [5.74, 6) is -0.536. The van der Waals surface area contributed by atoms with Gasteiger partial charge in [0, 0.05) is 21.5 Å². The van der Waals surface area contributed by atoms with E-state index in [0.29, 0.717) is 11.3 Å². The first-order valence-corrected chi connectivity index (χ1v) is 6.48. The van der Waals surface area contributed by atoms with Crippen molar-refractivity contribution in [2.45, 2.75) is 6.92 Å². The molecule has 2 aromatic rings. The van der Waals surface area contributed by atoms with Gasteiger partial charge in [-0.3, -0.25) is 4.79 Å². The summed E-state index contributed by atoms with van der Waals surface area (Å²) in [7, 11) is 0. The molecule has 0 aromatic heterocycles. The van der Waals surface area contributed by atoms with E-state index in [0.717, 1.165) is 21.4 Å². The van der Waals surface area contributed by atoms with E-state index >= 15 is 0 Å². The number of anilines is 3. The lowest BCUT2D eigenvalue weighted by Crippen LogP contribution is -2.13. The molecule has 0 atom stereocenters. The number of primary amides is 1. The Hall–Kier alpha value is -2.01. The van der Waals surface area contributed by atoms with Gasteiger partial charge in [-0.05, 0) is 48.9 Å². The molecule has 4 nitrogen and oxygen atoms in total. The lowest BCUT2D eigenvalue weighted by molar-refractivity contribution is 0.100. The highest BCUT2D eigenvalue weighted by molar-refractivity contribution is 9.10. The molecule has 0 aliphatic carbocycles. The molecule has 0 heterocycles. The van der Waals surface area contributed by atoms with E-state index in [-0.39, 0.29) is 0 Å². The molecule has 0 unspecified atom stereocenters. The van der Waals surface area contributed by atoms with E-state index in [1.165, 1.54) is 0 Å². The van der Waals surface area contributed by atoms with Crippen molar-refractivity contribution in [2.75, 3.05) is 11.1 Å². The molecular formula is C14H14BrN3O. The van der Waals surface area contributed by atoms with Crippen molar-refractivity contribution in [1.82, 2.24) is 0 Å². The summed E-state index contributed by atoms with van der Waals surface area (Å²) < 4.78 is 0.987. The van der Waals surface area contributed by atoms with Crippen LogP contribution in [0.2, 0.25) is 0 Å². The van der Waals surface area contributed by atoms with Gasteiger partial charge < -0.3 is 16.8 Å². The SMILES string of the molecule is Cc1cc(Br)cc(Nc2ccc(N)c(C(N)=O)c2)c1. The minimum atomic E-state index is -0.536. The van der Waals surface area contributed by atoms with Crippen LogP contribution in [0.15, 0.2) is 40.9 Å². The van der Waals surface area contributed by atoms with Gasteiger partial charge in [0.1, 0.15) is 0 Å². The van der Waals surface area contributed by atoms with Crippen LogP contribution in [0.25, 0.3) is 0 Å². The van der Waals surface area contributed by atoms with Crippen molar-refractivity contribution >= 4 is 38.9 Å². The number of aryl methyl sites for hydroxylation is 1. The summed E-state index contributed by atoms with van der Waals surface area (Å²) >= 11 is 3.44. The Morgan fingerprint density at radius 2 is 1.89 bits per heavy atom. The Bertz CT molecular complexity index is 620. The number of carbonyl (C=O) groups is 1. The highest BCUT2D eigenvalue weighted by atomic mass is 79.9. The maximum atomic E-state index is 11.2. The van der Waals surface area contributed by atoms with Crippen LogP contribution in [0.4, 0.5) is 17.1 Å². The minimum absolute atomic E-state index is 0.316. The fourth-order valence-electron chi connectivity index (χ4n) is 1.82. The first-order valence-electron chi connectivity index (χ1n) is 5.69. The van der Waals surface area contributed by atoms with Crippen LogP contribution >= 0.6 is 15.9 Å². The third-order valence-corrected chi connectivity index (χ3v) is 3.11. The quantitative estimate of drug-likeness (QED) is 0.760. The molecule has 98 valence electrons. The van der Waals surface area contributed by atoms with E-state index in [1.807, 2.05) is 25.1 Å². The Balaban J connectivity index is 2.33. The summed E-state index contributed by atoms with van der Waals surface area (Å²) in [5, 5.41) is 3.21. The van der Waals surface area contributed by atoms with Gasteiger partial charge in [0.25, 0.3) is 5.91 Å². The second kappa shape index (κ2) is 5.32. The predicted octanol–water partition coefficient (Wildman–Crippen LogP) is 3.18. The molecule has 0 bridgehead atoms. The number of halogens is 1. The normalized spacial score (nSPS) is 10.2. The third-order valence-electron chi connectivity index (χ3n) is 2.65. The molecular weight excluding hydrogens is 306 g/mol. The number of nitrogens with two attached hydrogens (primary N) is 2. The van der Waals surface area contributed by atoms with Crippen LogP contribution < -0.4 is 16.8 Å². The first kappa shape index (κ1) is 13.4. The van der Waals surface area contributed by atoms with Gasteiger partial charge in [0.2, 0.25) is 0 Å². The van der Waals surface area contributed by atoms with Gasteiger partial charge in [-0.2, -0.15) is 0 Å². The van der Waals surface area contributed by atoms with Crippen LogP contribution in [0.3, 0.4) is 0 Å². The zero-order chi connectivity index (χ0) is 14.0. The number of rotatable bonds is 3. The summed E-state index contributed by atoms with van der Waals surface area (Å²) in [6, 6.07) is 11.1. The molecule has 0 saturated heterocycles. The Labute approximate surface area is 119 Å². The van der Waals surface area contributed by atoms with Crippen LogP contribution in [0.1, 0.15) is 15.9 Å². The van der Waals surface area contributed by atoms with E-state index in [4.69, 9.17) is 11.5 Å². The van der Waals surface area contributed by atoms with Crippen molar-refractivity contribution in [1.29, 1.82) is 0 Å². The minimum Gasteiger partial charge on any atom is -0.398 e. The molecule has 0 aliphatic heterocycles. The van der Waals surface area contributed by atoms with Gasteiger partial charge in [-0.1, -0.05) is 15.9 Å². The standard InChI is InChI=1S/C14H14BrN3O/c1-8-4-9(15)6-11(5-8)18-10-2-3-13(16)12(7-10)14(17)19/h2-7,18H,16H2,1H3,(H2,17,19). The number of carbonyl (C=O) groups excluding carboxylic acids is 1. The molecule has 0 saturated carbocycles. The molecule has 0 spiro atoms. The van der Waals surface area contributed by atoms with Crippen LogP contribution in [0.5, 0.6) is 0 Å². The van der Waals surface area contributed by atoms with Crippen LogP contribution in [-0.4, -0.2) is 5.91 Å². The van der Waals surface area contributed by atoms with Crippen LogP contribution in [-0.2, 0) is 0 Å². The van der Waals surface area contributed by atoms with Gasteiger partial charge in [0.15, 0.2) is 0 Å². The fraction of sp³-hybridized carbons (Fsp3) is 0.0714. The van der Waals surface area contributed by atoms with Crippen molar-refractivity contribution < 1.29 is 4.79 Å². The lowest BCUT2D eigenvalue weighted by atomic mass is 10.1. The topological polar surface area (TPSA) is 81.1 Å². The molecule has 1 amide bonds. The average Bonchev–Trinajstić information content (AvgIpc) is 2.30. The smallest absolute Gasteiger partial charge is 0.250 e. The number of hydrogen-bond donors (Lipinski definition) is 3. The van der Waals surface area contributed by atoms with Crippen LogP contribution in [0, 0.1) is 6.92 Å². The summed E-state index contributed by atoms with van der Waals surface area (Å²) in [5.41, 5.74) is 14.5. The van der Waals surface area contributed by atoms with Gasteiger partial charge >= 0.3 is 0 Å². The number of hydrogen-bond acceptors (Lipinski definition) is 3. The third kappa shape index (κ3) is 3.26. The predicted molar refractivity (Wildman–Crippen MR) is 81.5 cm³/mol. The van der Waals surface area contributed by atoms with Crippen molar-refractivity contribution in [3.63, 3.8) is 0 Å². The molecule has 2 rings (SSSR count). The van der Waals surface area contributed by atoms with E-state index in [1.54, 1.807) is 18.2 Å². The van der Waals surface area contributed by atoms with Gasteiger partial charge in [0.05, 0.1) is 5.56 Å². The molecule has 0 aliphatic rings. The zero-order valence-corrected chi connectivity index (χ0v) is 12.0. The number of amides is 1. The highest BCUT2D eigenvalue weighted by Gasteiger charge is 2.07. The summed E-state index contributed by atoms with van der Waals surface area (Å²) in [4.78, 5) is 11.2. The number of nitrogens with one attached hydrogen (secondary N) is 1. The summed E-state index contributed by atoms with van der Waals surface area (Å²) in [6.07, 6.45) is 0. The van der Waals surface area contributed by atoms with E-state index < -0.39 is 5.91 Å². The molecule has 2 aromatic carbocycles. The molecule has 5 heteroatoms. The largest absolute Gasteiger partial charge is 0.398 e. The Morgan fingerprint density at radius 1 is 1.16 bits per heavy atom. The maximum Gasteiger partial charge on any atom is 0.250 e. The zero-order valence-electron chi connectivity index (χ0n) is 10.4. The van der Waals surface area contributed by atoms with Gasteiger partial charge in [-0.25, -0.2) is 0 Å². The number of benzene rings is 2. The van der Waals surface area contributed by atoms with Gasteiger partial charge in [-0.15, -0.1) is 0 Å². The molecule has 0 radical (unpaired) electrons. The maximum absolute atomic E-state index is 11.2. The van der Waals surface area contributed by atoms with E-state index in [2.05, 4.69) is 21.2 Å². The number of nitrogen functional groups attached to an aromatic ring is 1. The van der Waals surface area contributed by atoms with Crippen molar-refractivity contribution in [3.05, 3.63) is 52.0 Å². The fourth-order valence-corrected chi connectivity index (χ4v) is 2.43. The molecule has 5 N–H and O–H groups in total. The lowest BCUT2D eigenvalue weighted by Gasteiger charge is -2.10. The summed E-state index contributed by atoms with van der Waals surface area (Å²) in [6.45, 7) is 2.01. The molecule has 0 fully saturated rings. The highest BCUT2D eigenvalue weighted by Crippen LogP contribution is 2.24.